The van der Waals surface area contributed by atoms with Crippen LogP contribution in [-0.2, 0) is 16.2 Å². The summed E-state index contributed by atoms with van der Waals surface area (Å²) >= 11 is 0. The van der Waals surface area contributed by atoms with Crippen molar-refractivity contribution in [2.24, 2.45) is 0 Å². The van der Waals surface area contributed by atoms with E-state index in [1.54, 1.807) is 6.92 Å². The van der Waals surface area contributed by atoms with Crippen LogP contribution in [0.15, 0.2) is 23.1 Å². The predicted molar refractivity (Wildman–Crippen MR) is 85.2 cm³/mol. The minimum atomic E-state index is -4.55. The maximum Gasteiger partial charge on any atom is 0.416 e. The fourth-order valence-corrected chi connectivity index (χ4v) is 4.88. The Morgan fingerprint density at radius 3 is 2.29 bits per heavy atom. The predicted octanol–water partition coefficient (Wildman–Crippen LogP) is 4.58. The quantitative estimate of drug-likeness (QED) is 0.853. The summed E-state index contributed by atoms with van der Waals surface area (Å²) in [7, 11) is -3.94. The van der Waals surface area contributed by atoms with Crippen LogP contribution in [0.2, 0.25) is 0 Å². The Labute approximate surface area is 140 Å². The van der Waals surface area contributed by atoms with Crippen LogP contribution in [0.3, 0.4) is 0 Å². The molecule has 0 spiro atoms. The number of hydrogen-bond acceptors (Lipinski definition) is 2. The minimum Gasteiger partial charge on any atom is -0.207 e. The van der Waals surface area contributed by atoms with E-state index in [2.05, 4.69) is 4.72 Å². The first kappa shape index (κ1) is 17.7. The van der Waals surface area contributed by atoms with Gasteiger partial charge < -0.3 is 0 Å². The van der Waals surface area contributed by atoms with Crippen molar-refractivity contribution < 1.29 is 21.6 Å². The molecule has 0 aromatic heterocycles. The molecule has 1 N–H and O–H groups in total. The fourth-order valence-electron chi connectivity index (χ4n) is 3.39. The lowest BCUT2D eigenvalue weighted by molar-refractivity contribution is -0.138. The van der Waals surface area contributed by atoms with Gasteiger partial charge in [-0.25, -0.2) is 13.1 Å². The Kier molecular flexibility index (Phi) is 4.45. The van der Waals surface area contributed by atoms with Crippen molar-refractivity contribution in [3.63, 3.8) is 0 Å². The van der Waals surface area contributed by atoms with Crippen molar-refractivity contribution in [3.05, 3.63) is 29.3 Å². The van der Waals surface area contributed by atoms with E-state index in [4.69, 9.17) is 0 Å². The summed E-state index contributed by atoms with van der Waals surface area (Å²) in [4.78, 5) is -0.303. The molecule has 0 heterocycles. The van der Waals surface area contributed by atoms with Crippen LogP contribution in [0.4, 0.5) is 13.2 Å². The van der Waals surface area contributed by atoms with Crippen LogP contribution in [-0.4, -0.2) is 14.0 Å². The summed E-state index contributed by atoms with van der Waals surface area (Å²) < 4.78 is 67.8. The normalized spacial score (nSPS) is 21.7. The molecule has 24 heavy (non-hydrogen) atoms. The fraction of sp³-hybridized carbons (Fsp3) is 0.647. The van der Waals surface area contributed by atoms with Gasteiger partial charge in [-0.2, -0.15) is 13.2 Å². The van der Waals surface area contributed by atoms with Crippen molar-refractivity contribution in [1.82, 2.24) is 4.72 Å². The van der Waals surface area contributed by atoms with Gasteiger partial charge in [0.25, 0.3) is 0 Å². The molecular weight excluding hydrogens is 339 g/mol. The monoisotopic (exact) mass is 361 g/mol. The average molecular weight is 361 g/mol. The second-order valence-electron chi connectivity index (χ2n) is 7.25. The molecule has 0 unspecified atom stereocenters. The first-order chi connectivity index (χ1) is 11.1. The van der Waals surface area contributed by atoms with Crippen LogP contribution >= 0.6 is 0 Å². The van der Waals surface area contributed by atoms with Gasteiger partial charge in [-0.1, -0.05) is 25.3 Å². The van der Waals surface area contributed by atoms with E-state index >= 15 is 0 Å². The van der Waals surface area contributed by atoms with Crippen molar-refractivity contribution in [2.45, 2.75) is 74.4 Å². The van der Waals surface area contributed by atoms with Gasteiger partial charge in [0.1, 0.15) is 0 Å². The maximum atomic E-state index is 13.5. The van der Waals surface area contributed by atoms with Gasteiger partial charge >= 0.3 is 6.18 Å². The highest BCUT2D eigenvalue weighted by Crippen LogP contribution is 2.42. The number of benzene rings is 1. The van der Waals surface area contributed by atoms with E-state index < -0.39 is 27.3 Å². The molecule has 2 aliphatic carbocycles. The van der Waals surface area contributed by atoms with Gasteiger partial charge in [0.2, 0.25) is 10.0 Å². The minimum absolute atomic E-state index is 0.138. The summed E-state index contributed by atoms with van der Waals surface area (Å²) in [6.07, 6.45) is 1.20. The maximum absolute atomic E-state index is 13.5. The topological polar surface area (TPSA) is 46.2 Å². The molecule has 0 atom stereocenters. The molecule has 0 aliphatic heterocycles. The molecule has 3 rings (SSSR count). The lowest BCUT2D eigenvalue weighted by Gasteiger charge is -2.25. The highest BCUT2D eigenvalue weighted by molar-refractivity contribution is 7.89. The van der Waals surface area contributed by atoms with Crippen LogP contribution in [0.25, 0.3) is 0 Å². The van der Waals surface area contributed by atoms with Gasteiger partial charge in [0.05, 0.1) is 10.5 Å². The van der Waals surface area contributed by atoms with Crippen molar-refractivity contribution >= 4 is 10.0 Å². The Hall–Kier alpha value is -1.08. The zero-order valence-electron chi connectivity index (χ0n) is 13.6. The molecule has 0 amide bonds. The van der Waals surface area contributed by atoms with Crippen LogP contribution in [0.5, 0.6) is 0 Å². The Morgan fingerprint density at radius 2 is 1.75 bits per heavy atom. The number of hydrogen-bond donors (Lipinski definition) is 1. The molecule has 2 aliphatic rings. The molecule has 3 nitrogen and oxygen atoms in total. The molecule has 0 radical (unpaired) electrons. The second-order valence-corrected chi connectivity index (χ2v) is 8.93. The third-order valence-corrected chi connectivity index (χ3v) is 6.70. The molecule has 0 bridgehead atoms. The summed E-state index contributed by atoms with van der Waals surface area (Å²) in [5.74, 6) is -0.138. The zero-order valence-corrected chi connectivity index (χ0v) is 14.4. The largest absolute Gasteiger partial charge is 0.416 e. The van der Waals surface area contributed by atoms with Gasteiger partial charge in [-0.05, 0) is 56.2 Å². The molecule has 1 aromatic carbocycles. The number of nitrogens with one attached hydrogen (secondary N) is 1. The van der Waals surface area contributed by atoms with E-state index in [9.17, 15) is 21.6 Å². The molecule has 7 heteroatoms. The second kappa shape index (κ2) is 6.02. The molecule has 2 fully saturated rings. The Morgan fingerprint density at radius 1 is 1.12 bits per heavy atom. The van der Waals surface area contributed by atoms with E-state index in [0.717, 1.165) is 38.2 Å². The number of halogens is 3. The van der Waals surface area contributed by atoms with Gasteiger partial charge in [-0.15, -0.1) is 0 Å². The smallest absolute Gasteiger partial charge is 0.207 e. The Balaban J connectivity index is 1.98. The third kappa shape index (κ3) is 3.77. The SMILES string of the molecule is CC1(NS(=O)(=O)c2ccc(C3CCCCC3)c(C(F)(F)F)c2)CC1. The van der Waals surface area contributed by atoms with E-state index in [1.165, 1.54) is 12.1 Å². The van der Waals surface area contributed by atoms with Gasteiger partial charge in [0.15, 0.2) is 0 Å². The number of sulfonamides is 1. The van der Waals surface area contributed by atoms with Gasteiger partial charge in [-0.3, -0.25) is 0 Å². The summed E-state index contributed by atoms with van der Waals surface area (Å²) in [5.41, 5.74) is -1.09. The molecular formula is C17H22F3NO2S. The van der Waals surface area contributed by atoms with Gasteiger partial charge in [0, 0.05) is 5.54 Å². The Bertz CT molecular complexity index is 718. The van der Waals surface area contributed by atoms with Crippen LogP contribution in [0, 0.1) is 0 Å². The van der Waals surface area contributed by atoms with E-state index in [0.29, 0.717) is 12.8 Å². The summed E-state index contributed by atoms with van der Waals surface area (Å²) in [5, 5.41) is 0. The average Bonchev–Trinajstić information content (AvgIpc) is 3.23. The van der Waals surface area contributed by atoms with Crippen LogP contribution in [0.1, 0.15) is 68.9 Å². The highest BCUT2D eigenvalue weighted by atomic mass is 32.2. The molecule has 134 valence electrons. The first-order valence-electron chi connectivity index (χ1n) is 8.36. The molecule has 0 saturated heterocycles. The van der Waals surface area contributed by atoms with Crippen molar-refractivity contribution in [1.29, 1.82) is 0 Å². The highest BCUT2D eigenvalue weighted by Gasteiger charge is 2.42. The summed E-state index contributed by atoms with van der Waals surface area (Å²) in [6.45, 7) is 1.76. The van der Waals surface area contributed by atoms with Crippen LogP contribution < -0.4 is 4.72 Å². The lowest BCUT2D eigenvalue weighted by atomic mass is 9.82. The molecule has 1 aromatic rings. The molecule has 2 saturated carbocycles. The summed E-state index contributed by atoms with van der Waals surface area (Å²) in [6, 6.07) is 3.48. The first-order valence-corrected chi connectivity index (χ1v) is 9.84. The number of rotatable bonds is 4. The standard InChI is InChI=1S/C17H22F3NO2S/c1-16(9-10-16)21-24(22,23)13-7-8-14(12-5-3-2-4-6-12)15(11-13)17(18,19)20/h7-8,11-12,21H,2-6,9-10H2,1H3. The van der Waals surface area contributed by atoms with Crippen molar-refractivity contribution in [2.75, 3.05) is 0 Å². The van der Waals surface area contributed by atoms with Crippen molar-refractivity contribution in [3.8, 4) is 0 Å². The van der Waals surface area contributed by atoms with E-state index in [-0.39, 0.29) is 16.4 Å². The van der Waals surface area contributed by atoms with E-state index in [1.807, 2.05) is 0 Å². The zero-order chi connectivity index (χ0) is 17.6. The lowest BCUT2D eigenvalue weighted by Crippen LogP contribution is -2.34. The number of alkyl halides is 3. The third-order valence-electron chi connectivity index (χ3n) is 5.07.